The monoisotopic (exact) mass is 312 g/mol. The van der Waals surface area contributed by atoms with Gasteiger partial charge in [-0.3, -0.25) is 9.69 Å². The zero-order valence-electron chi connectivity index (χ0n) is 12.7. The number of hydrogen-bond donors (Lipinski definition) is 0. The molecule has 2 heterocycles. The summed E-state index contributed by atoms with van der Waals surface area (Å²) < 4.78 is 10.4. The van der Waals surface area contributed by atoms with Crippen LogP contribution in [0.4, 0.5) is 10.5 Å². The molecule has 0 saturated heterocycles. The van der Waals surface area contributed by atoms with Gasteiger partial charge in [-0.25, -0.2) is 9.78 Å². The number of aromatic nitrogens is 1. The topological polar surface area (TPSA) is 68.7 Å². The number of rotatable bonds is 3. The molecular weight excluding hydrogens is 296 g/mol. The van der Waals surface area contributed by atoms with Crippen LogP contribution >= 0.6 is 0 Å². The predicted octanol–water partition coefficient (Wildman–Crippen LogP) is 2.36. The lowest BCUT2D eigenvalue weighted by Gasteiger charge is -2.27. The Morgan fingerprint density at radius 2 is 2.00 bits per heavy atom. The van der Waals surface area contributed by atoms with Crippen LogP contribution in [0.5, 0.6) is 5.88 Å². The highest BCUT2D eigenvalue weighted by molar-refractivity contribution is 6.00. The van der Waals surface area contributed by atoms with E-state index in [1.54, 1.807) is 12.1 Å². The van der Waals surface area contributed by atoms with Crippen molar-refractivity contribution in [2.45, 2.75) is 13.0 Å². The molecule has 2 aromatic rings. The number of hydrogen-bond acceptors (Lipinski definition) is 5. The van der Waals surface area contributed by atoms with Crippen LogP contribution in [0.1, 0.15) is 11.3 Å². The van der Waals surface area contributed by atoms with Gasteiger partial charge in [-0.2, -0.15) is 0 Å². The second-order valence-corrected chi connectivity index (χ2v) is 5.16. The zero-order valence-corrected chi connectivity index (χ0v) is 12.7. The van der Waals surface area contributed by atoms with E-state index in [0.29, 0.717) is 17.3 Å². The van der Waals surface area contributed by atoms with Gasteiger partial charge in [0.2, 0.25) is 5.88 Å². The smallest absolute Gasteiger partial charge is 0.415 e. The summed E-state index contributed by atoms with van der Waals surface area (Å²) in [6.07, 6.45) is -0.371. The first kappa shape index (κ1) is 15.0. The van der Waals surface area contributed by atoms with Crippen LogP contribution in [0, 0.1) is 0 Å². The van der Waals surface area contributed by atoms with Gasteiger partial charge in [0.1, 0.15) is 6.61 Å². The number of pyridine rings is 1. The Bertz CT molecular complexity index is 731. The van der Waals surface area contributed by atoms with Crippen molar-refractivity contribution in [1.82, 2.24) is 4.98 Å². The van der Waals surface area contributed by atoms with Gasteiger partial charge in [-0.15, -0.1) is 0 Å². The Morgan fingerprint density at radius 3 is 2.74 bits per heavy atom. The number of carbonyl (C=O) groups is 2. The van der Waals surface area contributed by atoms with E-state index in [1.807, 2.05) is 30.3 Å². The summed E-state index contributed by atoms with van der Waals surface area (Å²) in [4.78, 5) is 29.8. The highest BCUT2D eigenvalue weighted by Gasteiger charge is 2.29. The van der Waals surface area contributed by atoms with Crippen molar-refractivity contribution >= 4 is 17.6 Å². The van der Waals surface area contributed by atoms with Gasteiger partial charge >= 0.3 is 6.09 Å². The number of amides is 1. The maximum atomic E-state index is 12.3. The van der Waals surface area contributed by atoms with Gasteiger partial charge < -0.3 is 9.47 Å². The van der Waals surface area contributed by atoms with E-state index in [0.717, 1.165) is 5.56 Å². The molecule has 3 rings (SSSR count). The van der Waals surface area contributed by atoms with E-state index in [9.17, 15) is 9.59 Å². The second kappa shape index (κ2) is 6.48. The molecule has 6 heteroatoms. The number of fused-ring (bicyclic) bond motifs is 1. The molecule has 0 saturated carbocycles. The van der Waals surface area contributed by atoms with Gasteiger partial charge in [0.25, 0.3) is 0 Å². The highest BCUT2D eigenvalue weighted by Crippen LogP contribution is 2.27. The lowest BCUT2D eigenvalue weighted by molar-refractivity contribution is -0.117. The predicted molar refractivity (Wildman–Crippen MR) is 83.5 cm³/mol. The number of ketones is 1. The van der Waals surface area contributed by atoms with Crippen molar-refractivity contribution in [3.05, 3.63) is 53.7 Å². The summed E-state index contributed by atoms with van der Waals surface area (Å²) in [5, 5.41) is 0. The van der Waals surface area contributed by atoms with Crippen molar-refractivity contribution in [3.8, 4) is 5.88 Å². The molecule has 118 valence electrons. The Labute approximate surface area is 133 Å². The number of benzene rings is 1. The molecule has 0 atom stereocenters. The Hall–Kier alpha value is -2.89. The summed E-state index contributed by atoms with van der Waals surface area (Å²) >= 11 is 0. The first-order valence-electron chi connectivity index (χ1n) is 7.21. The van der Waals surface area contributed by atoms with Crippen molar-refractivity contribution in [1.29, 1.82) is 0 Å². The first-order chi connectivity index (χ1) is 11.2. The summed E-state index contributed by atoms with van der Waals surface area (Å²) in [6.45, 7) is 0.151. The van der Waals surface area contributed by atoms with Crippen LogP contribution in [0.2, 0.25) is 0 Å². The number of nitrogens with zero attached hydrogens (tertiary/aromatic N) is 2. The maximum absolute atomic E-state index is 12.3. The normalized spacial score (nSPS) is 13.4. The molecule has 0 bridgehead atoms. The molecule has 1 aliphatic rings. The van der Waals surface area contributed by atoms with Crippen LogP contribution in [0.3, 0.4) is 0 Å². The second-order valence-electron chi connectivity index (χ2n) is 5.16. The molecule has 0 spiro atoms. The average Bonchev–Trinajstić information content (AvgIpc) is 2.59. The molecular formula is C17H16N2O4. The third-order valence-corrected chi connectivity index (χ3v) is 3.55. The lowest BCUT2D eigenvalue weighted by Crippen LogP contribution is -2.41. The average molecular weight is 312 g/mol. The van der Waals surface area contributed by atoms with Crippen LogP contribution in [-0.2, 0) is 22.6 Å². The third-order valence-electron chi connectivity index (χ3n) is 3.55. The highest BCUT2D eigenvalue weighted by atomic mass is 16.6. The largest absolute Gasteiger partial charge is 0.481 e. The Balaban J connectivity index is 1.77. The van der Waals surface area contributed by atoms with Crippen LogP contribution in [-0.4, -0.2) is 30.5 Å². The van der Waals surface area contributed by atoms with Gasteiger partial charge in [0.05, 0.1) is 31.5 Å². The summed E-state index contributed by atoms with van der Waals surface area (Å²) in [6, 6.07) is 12.8. The molecule has 0 N–H and O–H groups in total. The van der Waals surface area contributed by atoms with E-state index in [4.69, 9.17) is 9.47 Å². The molecule has 1 aromatic carbocycles. The van der Waals surface area contributed by atoms with Crippen molar-refractivity contribution in [3.63, 3.8) is 0 Å². The fourth-order valence-corrected chi connectivity index (χ4v) is 2.43. The van der Waals surface area contributed by atoms with Gasteiger partial charge in [-0.1, -0.05) is 30.3 Å². The quantitative estimate of drug-likeness (QED) is 0.870. The number of anilines is 1. The fourth-order valence-electron chi connectivity index (χ4n) is 2.43. The number of methoxy groups -OCH3 is 1. The van der Waals surface area contributed by atoms with E-state index in [2.05, 4.69) is 4.98 Å². The molecule has 6 nitrogen and oxygen atoms in total. The fraction of sp³-hybridized carbons (Fsp3) is 0.235. The van der Waals surface area contributed by atoms with E-state index in [-0.39, 0.29) is 25.4 Å². The zero-order chi connectivity index (χ0) is 16.2. The van der Waals surface area contributed by atoms with Gasteiger partial charge in [0.15, 0.2) is 5.78 Å². The van der Waals surface area contributed by atoms with Crippen LogP contribution in [0.15, 0.2) is 42.5 Å². The first-order valence-corrected chi connectivity index (χ1v) is 7.21. The summed E-state index contributed by atoms with van der Waals surface area (Å²) in [5.41, 5.74) is 2.00. The molecule has 0 fully saturated rings. The molecule has 1 amide bonds. The lowest BCUT2D eigenvalue weighted by atomic mass is 10.1. The van der Waals surface area contributed by atoms with Gasteiger partial charge in [0, 0.05) is 6.07 Å². The minimum absolute atomic E-state index is 0.00533. The minimum Gasteiger partial charge on any atom is -0.481 e. The Morgan fingerprint density at radius 1 is 1.22 bits per heavy atom. The van der Waals surface area contributed by atoms with Crippen LogP contribution < -0.4 is 9.64 Å². The third kappa shape index (κ3) is 3.31. The summed E-state index contributed by atoms with van der Waals surface area (Å²) in [7, 11) is 1.51. The molecule has 23 heavy (non-hydrogen) atoms. The van der Waals surface area contributed by atoms with E-state index >= 15 is 0 Å². The van der Waals surface area contributed by atoms with E-state index in [1.165, 1.54) is 12.0 Å². The Kier molecular flexibility index (Phi) is 4.23. The van der Waals surface area contributed by atoms with Gasteiger partial charge in [-0.05, 0) is 11.6 Å². The van der Waals surface area contributed by atoms with Crippen molar-refractivity contribution in [2.75, 3.05) is 18.6 Å². The standard InChI is InChI=1S/C17H16N2O4/c1-22-16-8-7-15-14(18-16)9-13(20)10-19(15)17(21)23-11-12-5-3-2-4-6-12/h2-8H,9-11H2,1H3. The SMILES string of the molecule is COc1ccc2c(n1)CC(=O)CN2C(=O)OCc1ccccc1. The molecule has 1 aromatic heterocycles. The molecule has 0 aliphatic carbocycles. The molecule has 0 unspecified atom stereocenters. The number of carbonyl (C=O) groups excluding carboxylic acids is 2. The minimum atomic E-state index is -0.560. The van der Waals surface area contributed by atoms with Crippen LogP contribution in [0.25, 0.3) is 0 Å². The van der Waals surface area contributed by atoms with Crippen molar-refractivity contribution < 1.29 is 19.1 Å². The molecule has 1 aliphatic heterocycles. The summed E-state index contributed by atoms with van der Waals surface area (Å²) in [5.74, 6) is 0.325. The number of ether oxygens (including phenoxy) is 2. The van der Waals surface area contributed by atoms with E-state index < -0.39 is 6.09 Å². The number of Topliss-reactive ketones (excluding diaryl/α,β-unsaturated/α-hetero) is 1. The molecule has 0 radical (unpaired) electrons. The maximum Gasteiger partial charge on any atom is 0.415 e. The van der Waals surface area contributed by atoms with Crippen molar-refractivity contribution in [2.24, 2.45) is 0 Å².